The first-order chi connectivity index (χ1) is 10.7. The normalized spacial score (nSPS) is 13.8. The molecule has 11 heteroatoms. The first-order valence-electron chi connectivity index (χ1n) is 5.75. The molecule has 0 aliphatic carbocycles. The molecule has 0 saturated carbocycles. The van der Waals surface area contributed by atoms with E-state index in [0.29, 0.717) is 6.08 Å². The quantitative estimate of drug-likeness (QED) is 0.272. The van der Waals surface area contributed by atoms with Gasteiger partial charge in [-0.05, 0) is 6.42 Å². The van der Waals surface area contributed by atoms with Gasteiger partial charge in [0, 0.05) is 5.57 Å². The van der Waals surface area contributed by atoms with Crippen LogP contribution in [0.25, 0.3) is 5.57 Å². The third-order valence-electron chi connectivity index (χ3n) is 2.74. The highest BCUT2D eigenvalue weighted by Gasteiger charge is 2.48. The largest absolute Gasteiger partial charge is 0.417 e. The molecular weight excluding hydrogens is 365 g/mol. The van der Waals surface area contributed by atoms with Crippen LogP contribution in [-0.2, 0) is 0 Å². The van der Waals surface area contributed by atoms with E-state index in [2.05, 4.69) is 6.58 Å². The van der Waals surface area contributed by atoms with Crippen molar-refractivity contribution in [3.8, 4) is 0 Å². The van der Waals surface area contributed by atoms with Crippen molar-refractivity contribution >= 4 is 5.57 Å². The van der Waals surface area contributed by atoms with Gasteiger partial charge in [-0.2, -0.15) is 26.3 Å². The van der Waals surface area contributed by atoms with Gasteiger partial charge >= 0.3 is 12.4 Å². The zero-order valence-corrected chi connectivity index (χ0v) is 11.1. The third-order valence-corrected chi connectivity index (χ3v) is 2.74. The van der Waals surface area contributed by atoms with Crippen molar-refractivity contribution < 1.29 is 48.3 Å². The van der Waals surface area contributed by atoms with Crippen molar-refractivity contribution in [2.24, 2.45) is 0 Å². The number of alkyl halides is 6. The van der Waals surface area contributed by atoms with Crippen molar-refractivity contribution in [3.05, 3.63) is 52.9 Å². The summed E-state index contributed by atoms with van der Waals surface area (Å²) in [5, 5.41) is 0. The van der Waals surface area contributed by atoms with Crippen LogP contribution < -0.4 is 0 Å². The average molecular weight is 370 g/mol. The van der Waals surface area contributed by atoms with E-state index in [1.54, 1.807) is 0 Å². The Kier molecular flexibility index (Phi) is 5.36. The molecule has 0 atom stereocenters. The fourth-order valence-electron chi connectivity index (χ4n) is 1.79. The third kappa shape index (κ3) is 3.54. The Morgan fingerprint density at radius 2 is 1.08 bits per heavy atom. The molecule has 0 nitrogen and oxygen atoms in total. The fourth-order valence-corrected chi connectivity index (χ4v) is 1.79. The Morgan fingerprint density at radius 1 is 0.708 bits per heavy atom. The van der Waals surface area contributed by atoms with Crippen LogP contribution >= 0.6 is 0 Å². The molecule has 0 amide bonds. The Morgan fingerprint density at radius 3 is 1.38 bits per heavy atom. The van der Waals surface area contributed by atoms with E-state index < -0.39 is 64.6 Å². The lowest BCUT2D eigenvalue weighted by Gasteiger charge is -2.21. The standard InChI is InChI=1S/C13H5F11/c1-2-3-4(12(19,20)21)6(13(22,23)24)5-7(14)9(16)11(18)10(17)8(5)15/h2H,1,3H2/b6-4-. The molecule has 0 unspecified atom stereocenters. The van der Waals surface area contributed by atoms with Gasteiger partial charge in [-0.3, -0.25) is 0 Å². The number of benzene rings is 1. The second-order valence-electron chi connectivity index (χ2n) is 4.29. The summed E-state index contributed by atoms with van der Waals surface area (Å²) in [4.78, 5) is 0. The molecule has 24 heavy (non-hydrogen) atoms. The van der Waals surface area contributed by atoms with Crippen LogP contribution in [0.4, 0.5) is 48.3 Å². The molecule has 0 aliphatic rings. The van der Waals surface area contributed by atoms with Gasteiger partial charge in [0.2, 0.25) is 5.82 Å². The van der Waals surface area contributed by atoms with Gasteiger partial charge in [0.25, 0.3) is 0 Å². The van der Waals surface area contributed by atoms with Crippen LogP contribution in [0.5, 0.6) is 0 Å². The summed E-state index contributed by atoms with van der Waals surface area (Å²) in [5.41, 5.74) is -8.26. The summed E-state index contributed by atoms with van der Waals surface area (Å²) < 4.78 is 143. The van der Waals surface area contributed by atoms with E-state index in [0.717, 1.165) is 0 Å². The van der Waals surface area contributed by atoms with Gasteiger partial charge in [0.05, 0.1) is 11.1 Å². The minimum absolute atomic E-state index is 0.334. The van der Waals surface area contributed by atoms with Gasteiger partial charge in [-0.15, -0.1) is 6.58 Å². The van der Waals surface area contributed by atoms with Crippen molar-refractivity contribution in [2.75, 3.05) is 0 Å². The molecule has 1 rings (SSSR count). The summed E-state index contributed by atoms with van der Waals surface area (Å²) >= 11 is 0. The van der Waals surface area contributed by atoms with Gasteiger partial charge in [-0.1, -0.05) is 6.08 Å². The topological polar surface area (TPSA) is 0 Å². The molecule has 0 heterocycles. The van der Waals surface area contributed by atoms with E-state index in [1.165, 1.54) is 0 Å². The van der Waals surface area contributed by atoms with Crippen molar-refractivity contribution in [1.82, 2.24) is 0 Å². The highest BCUT2D eigenvalue weighted by atomic mass is 19.4. The van der Waals surface area contributed by atoms with Crippen LogP contribution in [0.15, 0.2) is 18.2 Å². The smallest absolute Gasteiger partial charge is 0.203 e. The van der Waals surface area contributed by atoms with E-state index in [4.69, 9.17) is 0 Å². The van der Waals surface area contributed by atoms with Crippen LogP contribution in [0, 0.1) is 29.1 Å². The Labute approximate surface area is 126 Å². The van der Waals surface area contributed by atoms with E-state index in [9.17, 15) is 48.3 Å². The van der Waals surface area contributed by atoms with E-state index in [1.807, 2.05) is 0 Å². The minimum atomic E-state index is -6.06. The Balaban J connectivity index is 4.09. The van der Waals surface area contributed by atoms with Crippen molar-refractivity contribution in [3.63, 3.8) is 0 Å². The lowest BCUT2D eigenvalue weighted by molar-refractivity contribution is -0.102. The van der Waals surface area contributed by atoms with Gasteiger partial charge < -0.3 is 0 Å². The fraction of sp³-hybridized carbons (Fsp3) is 0.231. The number of halogens is 11. The molecular formula is C13H5F11. The zero-order valence-electron chi connectivity index (χ0n) is 11.1. The summed E-state index contributed by atoms with van der Waals surface area (Å²) in [7, 11) is 0. The highest BCUT2D eigenvalue weighted by molar-refractivity contribution is 5.74. The zero-order chi connectivity index (χ0) is 19.0. The lowest BCUT2D eigenvalue weighted by atomic mass is 9.95. The summed E-state index contributed by atoms with van der Waals surface area (Å²) in [5.74, 6) is -14.4. The van der Waals surface area contributed by atoms with Crippen LogP contribution in [-0.4, -0.2) is 12.4 Å². The average Bonchev–Trinajstić information content (AvgIpc) is 2.43. The molecule has 0 spiro atoms. The maximum absolute atomic E-state index is 13.5. The van der Waals surface area contributed by atoms with Crippen molar-refractivity contribution in [1.29, 1.82) is 0 Å². The second kappa shape index (κ2) is 6.44. The van der Waals surface area contributed by atoms with Gasteiger partial charge in [0.15, 0.2) is 23.3 Å². The van der Waals surface area contributed by atoms with Gasteiger partial charge in [-0.25, -0.2) is 22.0 Å². The van der Waals surface area contributed by atoms with E-state index in [-0.39, 0.29) is 0 Å². The molecule has 0 aromatic heterocycles. The number of hydrogen-bond donors (Lipinski definition) is 0. The molecule has 0 radical (unpaired) electrons. The summed E-state index contributed by atoms with van der Waals surface area (Å²) in [6.45, 7) is 2.77. The van der Waals surface area contributed by atoms with E-state index >= 15 is 0 Å². The minimum Gasteiger partial charge on any atom is -0.203 e. The van der Waals surface area contributed by atoms with Crippen LogP contribution in [0.3, 0.4) is 0 Å². The number of allylic oxidation sites excluding steroid dienone is 3. The van der Waals surface area contributed by atoms with Gasteiger partial charge in [0.1, 0.15) is 0 Å². The molecule has 1 aromatic rings. The number of hydrogen-bond acceptors (Lipinski definition) is 0. The molecule has 134 valence electrons. The Bertz CT molecular complexity index is 662. The highest BCUT2D eigenvalue weighted by Crippen LogP contribution is 2.45. The predicted octanol–water partition coefficient (Wildman–Crippen LogP) is 5.84. The Hall–Kier alpha value is -2.07. The summed E-state index contributed by atoms with van der Waals surface area (Å²) in [6.07, 6.45) is -13.1. The first kappa shape index (κ1) is 20.0. The van der Waals surface area contributed by atoms with Crippen molar-refractivity contribution in [2.45, 2.75) is 18.8 Å². The molecule has 1 aromatic carbocycles. The molecule has 0 bridgehead atoms. The molecule has 0 N–H and O–H groups in total. The SMILES string of the molecule is C=CC/C(=C(\c1c(F)c(F)c(F)c(F)c1F)C(F)(F)F)C(F)(F)F. The molecule has 0 saturated heterocycles. The van der Waals surface area contributed by atoms with Crippen LogP contribution in [0.1, 0.15) is 12.0 Å². The lowest BCUT2D eigenvalue weighted by Crippen LogP contribution is -2.24. The molecule has 0 aliphatic heterocycles. The van der Waals surface area contributed by atoms with Crippen LogP contribution in [0.2, 0.25) is 0 Å². The first-order valence-corrected chi connectivity index (χ1v) is 5.75. The summed E-state index contributed by atoms with van der Waals surface area (Å²) in [6, 6.07) is 0. The predicted molar refractivity (Wildman–Crippen MR) is 60.1 cm³/mol. The second-order valence-corrected chi connectivity index (χ2v) is 4.29. The maximum Gasteiger partial charge on any atom is 0.417 e. The molecule has 0 fully saturated rings. The number of rotatable bonds is 3. The maximum atomic E-state index is 13.5. The monoisotopic (exact) mass is 370 g/mol.